The Hall–Kier alpha value is -1.09. The van der Waals surface area contributed by atoms with Gasteiger partial charge in [0.2, 0.25) is 0 Å². The van der Waals surface area contributed by atoms with Crippen molar-refractivity contribution >= 4 is 5.69 Å². The van der Waals surface area contributed by atoms with Crippen molar-refractivity contribution in [1.29, 1.82) is 0 Å². The lowest BCUT2D eigenvalue weighted by Gasteiger charge is -2.36. The normalized spacial score (nSPS) is 28.1. The molecule has 2 nitrogen and oxygen atoms in total. The molecule has 2 rings (SSSR count). The van der Waals surface area contributed by atoms with E-state index < -0.39 is 0 Å². The van der Waals surface area contributed by atoms with E-state index in [-0.39, 0.29) is 12.1 Å². The van der Waals surface area contributed by atoms with Crippen molar-refractivity contribution in [3.05, 3.63) is 29.3 Å². The lowest BCUT2D eigenvalue weighted by atomic mass is 9.82. The van der Waals surface area contributed by atoms with Gasteiger partial charge in [-0.25, -0.2) is 0 Å². The van der Waals surface area contributed by atoms with Gasteiger partial charge in [0.05, 0.1) is 6.04 Å². The average Bonchev–Trinajstić information content (AvgIpc) is 2.34. The minimum Gasteiger partial charge on any atom is -0.380 e. The van der Waals surface area contributed by atoms with Crippen molar-refractivity contribution in [3.8, 4) is 0 Å². The lowest BCUT2D eigenvalue weighted by Crippen LogP contribution is -2.48. The van der Waals surface area contributed by atoms with Gasteiger partial charge >= 0.3 is 0 Å². The molecule has 3 unspecified atom stereocenters. The van der Waals surface area contributed by atoms with Gasteiger partial charge < -0.3 is 5.32 Å². The molecule has 1 aliphatic carbocycles. The van der Waals surface area contributed by atoms with Gasteiger partial charge in [-0.1, -0.05) is 31.5 Å². The van der Waals surface area contributed by atoms with Crippen LogP contribution in [-0.4, -0.2) is 12.1 Å². The van der Waals surface area contributed by atoms with Gasteiger partial charge in [-0.05, 0) is 43.7 Å². The maximum absolute atomic E-state index is 13.0. The molecular weight excluding hydrogens is 227 g/mol. The molecule has 1 aromatic carbocycles. The number of aryl methyl sites for hydroxylation is 2. The standard InChI is InChI=1S/C15H23FN2/c1-10-6-4-7-11(2)14(10)17-13-9-5-8-12(3)15(13)18-16/h4,6-7,12-13,15,17-18H,5,8-9H2,1-3H3. The van der Waals surface area contributed by atoms with Crippen LogP contribution in [0.2, 0.25) is 0 Å². The Morgan fingerprint density at radius 2 is 1.83 bits per heavy atom. The van der Waals surface area contributed by atoms with Gasteiger partial charge in [0, 0.05) is 11.7 Å². The van der Waals surface area contributed by atoms with E-state index in [9.17, 15) is 4.48 Å². The number of hydrogen-bond donors (Lipinski definition) is 2. The summed E-state index contributed by atoms with van der Waals surface area (Å²) in [5, 5.41) is 3.55. The van der Waals surface area contributed by atoms with Crippen LogP contribution in [0.1, 0.15) is 37.3 Å². The van der Waals surface area contributed by atoms with E-state index in [1.807, 2.05) is 5.54 Å². The predicted octanol–water partition coefficient (Wildman–Crippen LogP) is 3.75. The van der Waals surface area contributed by atoms with Gasteiger partial charge in [0.15, 0.2) is 0 Å². The van der Waals surface area contributed by atoms with Crippen LogP contribution in [0.4, 0.5) is 10.2 Å². The minimum absolute atomic E-state index is 0.0854. The van der Waals surface area contributed by atoms with E-state index >= 15 is 0 Å². The average molecular weight is 250 g/mol. The highest BCUT2D eigenvalue weighted by molar-refractivity contribution is 5.57. The zero-order valence-corrected chi connectivity index (χ0v) is 11.5. The number of rotatable bonds is 3. The SMILES string of the molecule is Cc1cccc(C)c1NC1CCCC(C)C1NF. The van der Waals surface area contributed by atoms with Crippen LogP contribution in [-0.2, 0) is 0 Å². The van der Waals surface area contributed by atoms with E-state index in [1.54, 1.807) is 0 Å². The number of halogens is 1. The fraction of sp³-hybridized carbons (Fsp3) is 0.600. The van der Waals surface area contributed by atoms with E-state index in [0.717, 1.165) is 18.5 Å². The molecule has 3 heteroatoms. The third-order valence-corrected chi connectivity index (χ3v) is 4.16. The summed E-state index contributed by atoms with van der Waals surface area (Å²) >= 11 is 0. The molecule has 0 amide bonds. The highest BCUT2D eigenvalue weighted by Crippen LogP contribution is 2.29. The number of para-hydroxylation sites is 1. The molecule has 0 heterocycles. The molecule has 18 heavy (non-hydrogen) atoms. The van der Waals surface area contributed by atoms with Crippen molar-refractivity contribution in [1.82, 2.24) is 5.54 Å². The number of hydrogen-bond acceptors (Lipinski definition) is 2. The van der Waals surface area contributed by atoms with Crippen LogP contribution in [0.3, 0.4) is 0 Å². The third kappa shape index (κ3) is 2.66. The van der Waals surface area contributed by atoms with Crippen molar-refractivity contribution in [3.63, 3.8) is 0 Å². The quantitative estimate of drug-likeness (QED) is 0.798. The zero-order valence-electron chi connectivity index (χ0n) is 11.5. The first kappa shape index (κ1) is 13.3. The summed E-state index contributed by atoms with van der Waals surface area (Å²) in [5.74, 6) is 0.380. The molecule has 2 N–H and O–H groups in total. The molecule has 0 aliphatic heterocycles. The predicted molar refractivity (Wildman–Crippen MR) is 74.4 cm³/mol. The van der Waals surface area contributed by atoms with Crippen LogP contribution in [0.5, 0.6) is 0 Å². The molecule has 1 saturated carbocycles. The Morgan fingerprint density at radius 3 is 2.44 bits per heavy atom. The molecule has 1 aromatic rings. The first-order chi connectivity index (χ1) is 8.63. The smallest absolute Gasteiger partial charge is 0.0598 e. The number of benzene rings is 1. The minimum atomic E-state index is -0.0854. The molecule has 0 aromatic heterocycles. The summed E-state index contributed by atoms with van der Waals surface area (Å²) in [5.41, 5.74) is 5.62. The van der Waals surface area contributed by atoms with Gasteiger partial charge in [0.1, 0.15) is 0 Å². The van der Waals surface area contributed by atoms with Crippen molar-refractivity contribution in [2.24, 2.45) is 5.92 Å². The topological polar surface area (TPSA) is 24.1 Å². The molecule has 0 radical (unpaired) electrons. The monoisotopic (exact) mass is 250 g/mol. The summed E-state index contributed by atoms with van der Waals surface area (Å²) in [6.07, 6.45) is 3.30. The Labute approximate surface area is 109 Å². The van der Waals surface area contributed by atoms with Crippen LogP contribution in [0.25, 0.3) is 0 Å². The van der Waals surface area contributed by atoms with Gasteiger partial charge in [-0.2, -0.15) is 5.54 Å². The van der Waals surface area contributed by atoms with Gasteiger partial charge in [-0.3, -0.25) is 0 Å². The molecule has 100 valence electrons. The molecular formula is C15H23FN2. The second kappa shape index (κ2) is 5.70. The Balaban J connectivity index is 2.17. The molecule has 0 bridgehead atoms. The highest BCUT2D eigenvalue weighted by Gasteiger charge is 2.31. The van der Waals surface area contributed by atoms with Crippen LogP contribution < -0.4 is 10.9 Å². The second-order valence-electron chi connectivity index (χ2n) is 5.56. The van der Waals surface area contributed by atoms with E-state index in [4.69, 9.17) is 0 Å². The Bertz CT molecular complexity index is 385. The van der Waals surface area contributed by atoms with E-state index in [1.165, 1.54) is 17.5 Å². The van der Waals surface area contributed by atoms with E-state index in [0.29, 0.717) is 5.92 Å². The fourth-order valence-electron chi connectivity index (χ4n) is 2.99. The third-order valence-electron chi connectivity index (χ3n) is 4.16. The fourth-order valence-corrected chi connectivity index (χ4v) is 2.99. The van der Waals surface area contributed by atoms with Gasteiger partial charge in [0.25, 0.3) is 0 Å². The van der Waals surface area contributed by atoms with Gasteiger partial charge in [-0.15, -0.1) is 4.48 Å². The number of nitrogens with one attached hydrogen (secondary N) is 2. The maximum Gasteiger partial charge on any atom is 0.0598 e. The second-order valence-corrected chi connectivity index (χ2v) is 5.56. The Morgan fingerprint density at radius 1 is 1.17 bits per heavy atom. The summed E-state index contributed by atoms with van der Waals surface area (Å²) < 4.78 is 13.0. The molecule has 0 saturated heterocycles. The summed E-state index contributed by atoms with van der Waals surface area (Å²) in [6, 6.07) is 6.35. The zero-order chi connectivity index (χ0) is 13.1. The van der Waals surface area contributed by atoms with Crippen LogP contribution in [0, 0.1) is 19.8 Å². The molecule has 3 atom stereocenters. The van der Waals surface area contributed by atoms with Crippen LogP contribution >= 0.6 is 0 Å². The van der Waals surface area contributed by atoms with E-state index in [2.05, 4.69) is 44.3 Å². The molecule has 0 spiro atoms. The lowest BCUT2D eigenvalue weighted by molar-refractivity contribution is 0.164. The summed E-state index contributed by atoms with van der Waals surface area (Å²) in [6.45, 7) is 6.31. The number of anilines is 1. The van der Waals surface area contributed by atoms with Crippen molar-refractivity contribution < 1.29 is 4.48 Å². The Kier molecular flexibility index (Phi) is 4.23. The highest BCUT2D eigenvalue weighted by atomic mass is 19.2. The first-order valence-electron chi connectivity index (χ1n) is 6.82. The molecule has 1 aliphatic rings. The van der Waals surface area contributed by atoms with Crippen molar-refractivity contribution in [2.75, 3.05) is 5.32 Å². The van der Waals surface area contributed by atoms with Crippen molar-refractivity contribution in [2.45, 2.75) is 52.1 Å². The molecule has 1 fully saturated rings. The largest absolute Gasteiger partial charge is 0.380 e. The summed E-state index contributed by atoms with van der Waals surface area (Å²) in [7, 11) is 0. The maximum atomic E-state index is 13.0. The summed E-state index contributed by atoms with van der Waals surface area (Å²) in [4.78, 5) is 0. The van der Waals surface area contributed by atoms with Crippen LogP contribution in [0.15, 0.2) is 18.2 Å². The first-order valence-corrected chi connectivity index (χ1v) is 6.82.